The molecule has 1 aromatic rings. The van der Waals surface area contributed by atoms with E-state index in [2.05, 4.69) is 35.9 Å². The Kier molecular flexibility index (Phi) is 5.20. The molecule has 1 aliphatic rings. The van der Waals surface area contributed by atoms with E-state index in [0.29, 0.717) is 0 Å². The van der Waals surface area contributed by atoms with Gasteiger partial charge in [0.15, 0.2) is 0 Å². The van der Waals surface area contributed by atoms with E-state index in [1.807, 2.05) is 6.20 Å². The fourth-order valence-electron chi connectivity index (χ4n) is 2.54. The second-order valence-electron chi connectivity index (χ2n) is 5.73. The third-order valence-electron chi connectivity index (χ3n) is 4.24. The summed E-state index contributed by atoms with van der Waals surface area (Å²) in [5, 5.41) is 0. The highest BCUT2D eigenvalue weighted by Crippen LogP contribution is 2.28. The Balaban J connectivity index is 1.94. The van der Waals surface area contributed by atoms with Crippen LogP contribution in [0.2, 0.25) is 0 Å². The first-order chi connectivity index (χ1) is 9.22. The van der Waals surface area contributed by atoms with Gasteiger partial charge in [-0.3, -0.25) is 0 Å². The van der Waals surface area contributed by atoms with E-state index >= 15 is 0 Å². The number of aromatic nitrogens is 1. The average molecular weight is 261 g/mol. The van der Waals surface area contributed by atoms with E-state index < -0.39 is 0 Å². The third-order valence-corrected chi connectivity index (χ3v) is 4.24. The number of rotatable bonds is 7. The summed E-state index contributed by atoms with van der Waals surface area (Å²) >= 11 is 0. The number of hydrogen-bond donors (Lipinski definition) is 1. The topological polar surface area (TPSA) is 42.1 Å². The van der Waals surface area contributed by atoms with Gasteiger partial charge in [0, 0.05) is 25.3 Å². The van der Waals surface area contributed by atoms with Gasteiger partial charge in [0.05, 0.1) is 0 Å². The predicted molar refractivity (Wildman–Crippen MR) is 81.4 cm³/mol. The Morgan fingerprint density at radius 2 is 2.16 bits per heavy atom. The van der Waals surface area contributed by atoms with Crippen LogP contribution in [-0.4, -0.2) is 24.1 Å². The van der Waals surface area contributed by atoms with Crippen molar-refractivity contribution in [2.24, 2.45) is 11.7 Å². The Hall–Kier alpha value is -1.09. The first kappa shape index (κ1) is 14.3. The van der Waals surface area contributed by atoms with Crippen LogP contribution in [0.5, 0.6) is 0 Å². The molecule has 0 aliphatic heterocycles. The van der Waals surface area contributed by atoms with E-state index in [9.17, 15) is 0 Å². The molecule has 3 nitrogen and oxygen atoms in total. The zero-order valence-corrected chi connectivity index (χ0v) is 12.3. The lowest BCUT2D eigenvalue weighted by molar-refractivity contribution is 0.318. The maximum atomic E-state index is 5.98. The second-order valence-corrected chi connectivity index (χ2v) is 5.73. The van der Waals surface area contributed by atoms with Crippen molar-refractivity contribution in [2.45, 2.75) is 52.0 Å². The fraction of sp³-hybridized carbons (Fsp3) is 0.688. The van der Waals surface area contributed by atoms with Gasteiger partial charge in [-0.1, -0.05) is 19.4 Å². The van der Waals surface area contributed by atoms with Crippen molar-refractivity contribution in [3.05, 3.63) is 23.9 Å². The normalized spacial score (nSPS) is 17.0. The molecule has 2 N–H and O–H groups in total. The summed E-state index contributed by atoms with van der Waals surface area (Å²) in [6, 6.07) is 4.59. The molecule has 1 aliphatic carbocycles. The molecule has 2 rings (SSSR count). The summed E-state index contributed by atoms with van der Waals surface area (Å²) < 4.78 is 0. The molecule has 1 heterocycles. The first-order valence-electron chi connectivity index (χ1n) is 7.68. The quantitative estimate of drug-likeness (QED) is 0.820. The summed E-state index contributed by atoms with van der Waals surface area (Å²) in [6.45, 7) is 6.54. The van der Waals surface area contributed by atoms with Crippen molar-refractivity contribution in [2.75, 3.05) is 18.0 Å². The van der Waals surface area contributed by atoms with Crippen molar-refractivity contribution in [3.63, 3.8) is 0 Å². The highest BCUT2D eigenvalue weighted by atomic mass is 15.2. The highest BCUT2D eigenvalue weighted by molar-refractivity contribution is 5.39. The second kappa shape index (κ2) is 6.90. The van der Waals surface area contributed by atoms with Gasteiger partial charge in [-0.25, -0.2) is 4.98 Å². The summed E-state index contributed by atoms with van der Waals surface area (Å²) in [5.74, 6) is 2.00. The number of pyridine rings is 1. The molecule has 0 amide bonds. The number of nitrogens with two attached hydrogens (primary N) is 1. The molecule has 1 fully saturated rings. The average Bonchev–Trinajstić information content (AvgIpc) is 2.39. The van der Waals surface area contributed by atoms with Crippen molar-refractivity contribution < 1.29 is 0 Å². The molecule has 0 aromatic carbocycles. The third kappa shape index (κ3) is 3.93. The molecule has 1 atom stereocenters. The molecular formula is C16H27N3. The number of anilines is 1. The molecule has 1 aromatic heterocycles. The van der Waals surface area contributed by atoms with Crippen LogP contribution in [0.1, 0.15) is 45.1 Å². The monoisotopic (exact) mass is 261 g/mol. The van der Waals surface area contributed by atoms with Gasteiger partial charge in [-0.2, -0.15) is 0 Å². The lowest BCUT2D eigenvalue weighted by Gasteiger charge is -2.32. The zero-order chi connectivity index (χ0) is 13.7. The lowest BCUT2D eigenvalue weighted by atomic mass is 9.85. The van der Waals surface area contributed by atoms with Gasteiger partial charge >= 0.3 is 0 Å². The molecule has 106 valence electrons. The Bertz CT molecular complexity index is 370. The minimum Gasteiger partial charge on any atom is -0.357 e. The van der Waals surface area contributed by atoms with Gasteiger partial charge in [-0.05, 0) is 50.2 Å². The molecule has 1 unspecified atom stereocenters. The molecule has 0 spiro atoms. The Morgan fingerprint density at radius 3 is 2.63 bits per heavy atom. The van der Waals surface area contributed by atoms with Crippen LogP contribution in [0, 0.1) is 5.92 Å². The predicted octanol–water partition coefficient (Wildman–Crippen LogP) is 2.99. The molecule has 0 saturated heterocycles. The molecule has 3 heteroatoms. The molecule has 0 radical (unpaired) electrons. The van der Waals surface area contributed by atoms with Crippen LogP contribution in [0.3, 0.4) is 0 Å². The minimum atomic E-state index is 0.255. The summed E-state index contributed by atoms with van der Waals surface area (Å²) in [7, 11) is 0. The van der Waals surface area contributed by atoms with Gasteiger partial charge in [-0.15, -0.1) is 0 Å². The van der Waals surface area contributed by atoms with Gasteiger partial charge in [0.1, 0.15) is 5.82 Å². The standard InChI is InChI=1S/C16H27N3/c1-3-15(17)10-14-8-9-16(18-11-14)19(4-2)12-13-6-5-7-13/h8-9,11,13,15H,3-7,10,12,17H2,1-2H3. The van der Waals surface area contributed by atoms with Crippen LogP contribution < -0.4 is 10.6 Å². The van der Waals surface area contributed by atoms with E-state index in [1.54, 1.807) is 0 Å². The number of nitrogens with zero attached hydrogens (tertiary/aromatic N) is 2. The van der Waals surface area contributed by atoms with E-state index in [1.165, 1.54) is 24.8 Å². The molecule has 0 bridgehead atoms. The van der Waals surface area contributed by atoms with E-state index in [0.717, 1.165) is 37.7 Å². The van der Waals surface area contributed by atoms with Crippen molar-refractivity contribution in [1.29, 1.82) is 0 Å². The maximum Gasteiger partial charge on any atom is 0.128 e. The zero-order valence-electron chi connectivity index (χ0n) is 12.3. The van der Waals surface area contributed by atoms with Gasteiger partial charge < -0.3 is 10.6 Å². The summed E-state index contributed by atoms with van der Waals surface area (Å²) in [4.78, 5) is 7.02. The lowest BCUT2D eigenvalue weighted by Crippen LogP contribution is -2.33. The van der Waals surface area contributed by atoms with Crippen molar-refractivity contribution in [3.8, 4) is 0 Å². The van der Waals surface area contributed by atoms with Crippen LogP contribution in [0.25, 0.3) is 0 Å². The molecule has 19 heavy (non-hydrogen) atoms. The Morgan fingerprint density at radius 1 is 1.37 bits per heavy atom. The Labute approximate surface area is 117 Å². The summed E-state index contributed by atoms with van der Waals surface area (Å²) in [6.07, 6.45) is 8.13. The van der Waals surface area contributed by atoms with Gasteiger partial charge in [0.25, 0.3) is 0 Å². The van der Waals surface area contributed by atoms with E-state index in [-0.39, 0.29) is 6.04 Å². The van der Waals surface area contributed by atoms with Crippen LogP contribution in [-0.2, 0) is 6.42 Å². The van der Waals surface area contributed by atoms with E-state index in [4.69, 9.17) is 5.73 Å². The highest BCUT2D eigenvalue weighted by Gasteiger charge is 2.20. The smallest absolute Gasteiger partial charge is 0.128 e. The van der Waals surface area contributed by atoms with Crippen molar-refractivity contribution in [1.82, 2.24) is 4.98 Å². The minimum absolute atomic E-state index is 0.255. The summed E-state index contributed by atoms with van der Waals surface area (Å²) in [5.41, 5.74) is 7.23. The fourth-order valence-corrected chi connectivity index (χ4v) is 2.54. The first-order valence-corrected chi connectivity index (χ1v) is 7.68. The van der Waals surface area contributed by atoms with Crippen LogP contribution in [0.4, 0.5) is 5.82 Å². The van der Waals surface area contributed by atoms with Gasteiger partial charge in [0.2, 0.25) is 0 Å². The maximum absolute atomic E-state index is 5.98. The van der Waals surface area contributed by atoms with Crippen LogP contribution >= 0.6 is 0 Å². The molecule has 1 saturated carbocycles. The van der Waals surface area contributed by atoms with Crippen LogP contribution in [0.15, 0.2) is 18.3 Å². The SMILES string of the molecule is CCC(N)Cc1ccc(N(CC)CC2CCC2)nc1. The largest absolute Gasteiger partial charge is 0.357 e. The van der Waals surface area contributed by atoms with Crippen molar-refractivity contribution >= 4 is 5.82 Å². The number of hydrogen-bond acceptors (Lipinski definition) is 3. The molecular weight excluding hydrogens is 234 g/mol.